The Morgan fingerprint density at radius 3 is 2.80 bits per heavy atom. The maximum absolute atomic E-state index is 12.0. The van der Waals surface area contributed by atoms with Crippen LogP contribution in [0.2, 0.25) is 0 Å². The van der Waals surface area contributed by atoms with Crippen molar-refractivity contribution >= 4 is 17.6 Å². The van der Waals surface area contributed by atoms with Crippen LogP contribution in [-0.2, 0) is 6.54 Å². The number of aromatic carboxylic acids is 1. The lowest BCUT2D eigenvalue weighted by Gasteiger charge is -2.06. The third-order valence-corrected chi connectivity index (χ3v) is 2.66. The first-order valence-electron chi connectivity index (χ1n) is 5.97. The Morgan fingerprint density at radius 1 is 1.35 bits per heavy atom. The highest BCUT2D eigenvalue weighted by molar-refractivity contribution is 6.06. The smallest absolute Gasteiger partial charge is 0.337 e. The van der Waals surface area contributed by atoms with Gasteiger partial charge in [0.15, 0.2) is 0 Å². The number of hydrogen-bond acceptors (Lipinski definition) is 4. The largest absolute Gasteiger partial charge is 0.478 e. The molecule has 0 bridgehead atoms. The minimum absolute atomic E-state index is 0.0299. The minimum atomic E-state index is -1.10. The van der Waals surface area contributed by atoms with E-state index in [1.54, 1.807) is 22.9 Å². The summed E-state index contributed by atoms with van der Waals surface area (Å²) in [7, 11) is 0. The number of carboxylic acids is 1. The van der Waals surface area contributed by atoms with Gasteiger partial charge in [0.05, 0.1) is 17.6 Å². The molecule has 0 fully saturated rings. The number of rotatable bonds is 5. The van der Waals surface area contributed by atoms with Crippen molar-refractivity contribution in [3.63, 3.8) is 0 Å². The van der Waals surface area contributed by atoms with Gasteiger partial charge in [0, 0.05) is 19.3 Å². The van der Waals surface area contributed by atoms with E-state index < -0.39 is 11.9 Å². The van der Waals surface area contributed by atoms with Crippen LogP contribution in [0.15, 0.2) is 36.8 Å². The average molecular weight is 274 g/mol. The number of aromatic nitrogens is 2. The molecule has 0 aliphatic carbocycles. The van der Waals surface area contributed by atoms with Crippen molar-refractivity contribution in [2.75, 3.05) is 11.9 Å². The van der Waals surface area contributed by atoms with E-state index in [1.807, 2.05) is 0 Å². The number of para-hydroxylation sites is 1. The monoisotopic (exact) mass is 274 g/mol. The zero-order valence-corrected chi connectivity index (χ0v) is 10.6. The van der Waals surface area contributed by atoms with E-state index in [0.717, 1.165) is 0 Å². The number of nitrogens with two attached hydrogens (primary N) is 1. The van der Waals surface area contributed by atoms with Crippen LogP contribution < -0.4 is 11.1 Å². The fourth-order valence-electron chi connectivity index (χ4n) is 1.71. The third-order valence-electron chi connectivity index (χ3n) is 2.66. The molecule has 0 aliphatic rings. The van der Waals surface area contributed by atoms with Crippen molar-refractivity contribution in [2.24, 2.45) is 5.73 Å². The first kappa shape index (κ1) is 13.8. The van der Waals surface area contributed by atoms with Crippen LogP contribution in [0.5, 0.6) is 0 Å². The van der Waals surface area contributed by atoms with Gasteiger partial charge in [0.25, 0.3) is 5.91 Å². The van der Waals surface area contributed by atoms with Crippen LogP contribution >= 0.6 is 0 Å². The molecule has 1 amide bonds. The zero-order valence-electron chi connectivity index (χ0n) is 10.6. The lowest BCUT2D eigenvalue weighted by atomic mass is 10.2. The summed E-state index contributed by atoms with van der Waals surface area (Å²) in [4.78, 5) is 27.0. The number of carboxylic acid groups (broad SMARTS) is 1. The normalized spacial score (nSPS) is 10.2. The number of nitrogens with one attached hydrogen (secondary N) is 1. The number of hydrogen-bond donors (Lipinski definition) is 3. The molecule has 7 heteroatoms. The molecule has 2 rings (SSSR count). The number of carbonyl (C=O) groups is 2. The highest BCUT2D eigenvalue weighted by atomic mass is 16.4. The van der Waals surface area contributed by atoms with Crippen LogP contribution in [0.3, 0.4) is 0 Å². The maximum Gasteiger partial charge on any atom is 0.337 e. The molecular formula is C13H14N4O3. The Labute approximate surface area is 115 Å². The van der Waals surface area contributed by atoms with Gasteiger partial charge >= 0.3 is 5.97 Å². The fourth-order valence-corrected chi connectivity index (χ4v) is 1.71. The number of nitrogens with zero attached hydrogens (tertiary/aromatic N) is 2. The number of imidazole rings is 1. The van der Waals surface area contributed by atoms with Gasteiger partial charge in [-0.2, -0.15) is 0 Å². The van der Waals surface area contributed by atoms with E-state index in [0.29, 0.717) is 13.1 Å². The molecule has 0 saturated heterocycles. The summed E-state index contributed by atoms with van der Waals surface area (Å²) in [5, 5.41) is 11.6. The van der Waals surface area contributed by atoms with Crippen molar-refractivity contribution in [1.82, 2.24) is 9.55 Å². The Hall–Kier alpha value is -2.67. The summed E-state index contributed by atoms with van der Waals surface area (Å²) >= 11 is 0. The van der Waals surface area contributed by atoms with Crippen LogP contribution in [0.1, 0.15) is 20.8 Å². The first-order chi connectivity index (χ1) is 9.61. The standard InChI is InChI=1S/C13H14N4O3/c14-5-6-17-7-11(15-8-17)12(18)16-10-4-2-1-3-9(10)13(19)20/h1-4,7-8H,5-6,14H2,(H,16,18)(H,19,20). The molecule has 4 N–H and O–H groups in total. The van der Waals surface area contributed by atoms with Crippen molar-refractivity contribution in [2.45, 2.75) is 6.54 Å². The average Bonchev–Trinajstić information content (AvgIpc) is 2.88. The van der Waals surface area contributed by atoms with Crippen molar-refractivity contribution in [3.05, 3.63) is 48.0 Å². The highest BCUT2D eigenvalue weighted by Gasteiger charge is 2.14. The molecule has 0 spiro atoms. The molecule has 1 heterocycles. The number of carbonyl (C=O) groups excluding carboxylic acids is 1. The maximum atomic E-state index is 12.0. The molecule has 7 nitrogen and oxygen atoms in total. The Kier molecular flexibility index (Phi) is 4.11. The molecular weight excluding hydrogens is 260 g/mol. The van der Waals surface area contributed by atoms with Gasteiger partial charge in [-0.25, -0.2) is 9.78 Å². The van der Waals surface area contributed by atoms with Gasteiger partial charge in [0.1, 0.15) is 5.69 Å². The lowest BCUT2D eigenvalue weighted by Crippen LogP contribution is -2.15. The highest BCUT2D eigenvalue weighted by Crippen LogP contribution is 2.15. The summed E-state index contributed by atoms with van der Waals surface area (Å²) in [6, 6.07) is 6.19. The van der Waals surface area contributed by atoms with E-state index in [-0.39, 0.29) is 16.9 Å². The predicted molar refractivity (Wildman–Crippen MR) is 72.6 cm³/mol. The quantitative estimate of drug-likeness (QED) is 0.746. The van der Waals surface area contributed by atoms with E-state index in [1.165, 1.54) is 18.5 Å². The molecule has 0 aliphatic heterocycles. The number of amides is 1. The molecule has 1 aromatic heterocycles. The molecule has 0 unspecified atom stereocenters. The summed E-state index contributed by atoms with van der Waals surface area (Å²) in [6.07, 6.45) is 3.07. The topological polar surface area (TPSA) is 110 Å². The lowest BCUT2D eigenvalue weighted by molar-refractivity contribution is 0.0698. The van der Waals surface area contributed by atoms with Gasteiger partial charge in [-0.05, 0) is 12.1 Å². The van der Waals surface area contributed by atoms with Crippen LogP contribution in [0, 0.1) is 0 Å². The van der Waals surface area contributed by atoms with E-state index in [9.17, 15) is 9.59 Å². The Balaban J connectivity index is 2.17. The second-order valence-corrected chi connectivity index (χ2v) is 4.09. The van der Waals surface area contributed by atoms with E-state index >= 15 is 0 Å². The SMILES string of the molecule is NCCn1cnc(C(=O)Nc2ccccc2C(=O)O)c1. The molecule has 0 radical (unpaired) electrons. The van der Waals surface area contributed by atoms with Gasteiger partial charge in [-0.1, -0.05) is 12.1 Å². The molecule has 20 heavy (non-hydrogen) atoms. The van der Waals surface area contributed by atoms with Crippen molar-refractivity contribution < 1.29 is 14.7 Å². The minimum Gasteiger partial charge on any atom is -0.478 e. The zero-order chi connectivity index (χ0) is 14.5. The van der Waals surface area contributed by atoms with Crippen LogP contribution in [0.4, 0.5) is 5.69 Å². The van der Waals surface area contributed by atoms with Crippen LogP contribution in [0.25, 0.3) is 0 Å². The Bertz CT molecular complexity index is 636. The second kappa shape index (κ2) is 5.98. The first-order valence-corrected chi connectivity index (χ1v) is 5.97. The number of anilines is 1. The molecule has 0 saturated carbocycles. The van der Waals surface area contributed by atoms with Gasteiger partial charge in [0.2, 0.25) is 0 Å². The summed E-state index contributed by atoms with van der Waals surface area (Å²) in [5.74, 6) is -1.57. The van der Waals surface area contributed by atoms with Gasteiger partial charge < -0.3 is 20.7 Å². The summed E-state index contributed by atoms with van der Waals surface area (Å²) in [5.41, 5.74) is 5.88. The van der Waals surface area contributed by atoms with Crippen molar-refractivity contribution in [3.8, 4) is 0 Å². The van der Waals surface area contributed by atoms with Gasteiger partial charge in [-0.3, -0.25) is 4.79 Å². The molecule has 2 aromatic rings. The third kappa shape index (κ3) is 3.01. The molecule has 104 valence electrons. The van der Waals surface area contributed by atoms with Gasteiger partial charge in [-0.15, -0.1) is 0 Å². The van der Waals surface area contributed by atoms with E-state index in [2.05, 4.69) is 10.3 Å². The summed E-state index contributed by atoms with van der Waals surface area (Å²) in [6.45, 7) is 1.01. The Morgan fingerprint density at radius 2 is 2.10 bits per heavy atom. The van der Waals surface area contributed by atoms with Crippen LogP contribution in [-0.4, -0.2) is 33.1 Å². The second-order valence-electron chi connectivity index (χ2n) is 4.09. The molecule has 0 atom stereocenters. The molecule has 1 aromatic carbocycles. The predicted octanol–water partition coefficient (Wildman–Crippen LogP) is 0.792. The fraction of sp³-hybridized carbons (Fsp3) is 0.154. The number of benzene rings is 1. The van der Waals surface area contributed by atoms with E-state index in [4.69, 9.17) is 10.8 Å². The summed E-state index contributed by atoms with van der Waals surface area (Å²) < 4.78 is 1.69. The van der Waals surface area contributed by atoms with Crippen molar-refractivity contribution in [1.29, 1.82) is 0 Å².